The zero-order valence-corrected chi connectivity index (χ0v) is 18.3. The van der Waals surface area contributed by atoms with E-state index >= 15 is 0 Å². The first kappa shape index (κ1) is 22.7. The van der Waals surface area contributed by atoms with Crippen molar-refractivity contribution in [2.75, 3.05) is 7.11 Å². The van der Waals surface area contributed by atoms with Crippen molar-refractivity contribution in [3.63, 3.8) is 0 Å². The molecule has 3 aromatic rings. The predicted octanol–water partition coefficient (Wildman–Crippen LogP) is 5.01. The molecule has 34 heavy (non-hydrogen) atoms. The summed E-state index contributed by atoms with van der Waals surface area (Å²) in [6.45, 7) is -0.249. The van der Waals surface area contributed by atoms with E-state index in [2.05, 4.69) is 0 Å². The van der Waals surface area contributed by atoms with Gasteiger partial charge in [0.15, 0.2) is 0 Å². The summed E-state index contributed by atoms with van der Waals surface area (Å²) in [6, 6.07) is 13.2. The number of carbonyl (C=O) groups is 2. The summed E-state index contributed by atoms with van der Waals surface area (Å²) in [5.41, 5.74) is 0.0328. The van der Waals surface area contributed by atoms with Crippen molar-refractivity contribution >= 4 is 40.4 Å². The van der Waals surface area contributed by atoms with E-state index in [1.807, 2.05) is 0 Å². The molecule has 2 aromatic carbocycles. The van der Waals surface area contributed by atoms with Crippen molar-refractivity contribution < 1.29 is 28.6 Å². The topological polar surface area (TPSA) is 146 Å². The van der Waals surface area contributed by atoms with E-state index in [-0.39, 0.29) is 45.5 Å². The number of methoxy groups -OCH3 is 1. The molecule has 1 aromatic heterocycles. The average Bonchev–Trinajstić information content (AvgIpc) is 3.39. The summed E-state index contributed by atoms with van der Waals surface area (Å²) in [7, 11) is 1.40. The van der Waals surface area contributed by atoms with Gasteiger partial charge >= 0.3 is 0 Å². The molecule has 1 saturated heterocycles. The van der Waals surface area contributed by atoms with E-state index in [0.29, 0.717) is 17.5 Å². The molecule has 1 aliphatic heterocycles. The number of nitro groups is 2. The molecule has 11 nitrogen and oxygen atoms in total. The number of hydrogen-bond acceptors (Lipinski definition) is 9. The fraction of sp³-hybridized carbons (Fsp3) is 0.0909. The van der Waals surface area contributed by atoms with Gasteiger partial charge in [0.1, 0.15) is 17.3 Å². The van der Waals surface area contributed by atoms with Gasteiger partial charge in [-0.05, 0) is 36.0 Å². The molecule has 0 radical (unpaired) electrons. The van der Waals surface area contributed by atoms with E-state index in [9.17, 15) is 29.8 Å². The molecule has 0 spiro atoms. The van der Waals surface area contributed by atoms with Gasteiger partial charge in [0, 0.05) is 17.7 Å². The molecule has 0 unspecified atom stereocenters. The van der Waals surface area contributed by atoms with Crippen LogP contribution in [0.1, 0.15) is 11.3 Å². The highest BCUT2D eigenvalue weighted by Crippen LogP contribution is 2.37. The standard InChI is InChI=1S/C22H15N3O8S/c1-32-14-6-8-16(18(10-14)25(30)31)19-9-7-15(33-19)11-20-21(26)23(22(27)34-20)12-13-4-2-3-5-17(13)24(28)29/h2-11H,12H2,1H3/b20-11+. The van der Waals surface area contributed by atoms with Gasteiger partial charge in [0.2, 0.25) is 0 Å². The molecule has 1 fully saturated rings. The molecule has 4 rings (SSSR count). The third-order valence-corrected chi connectivity index (χ3v) is 5.86. The number of rotatable bonds is 7. The molecule has 2 amide bonds. The average molecular weight is 481 g/mol. The SMILES string of the molecule is COc1ccc(-c2ccc(/C=C3/SC(=O)N(Cc4ccccc4[N+](=O)[O-])C3=O)o2)c([N+](=O)[O-])c1. The number of hydrogen-bond donors (Lipinski definition) is 0. The molecule has 2 heterocycles. The number of imide groups is 1. The number of thioether (sulfide) groups is 1. The third kappa shape index (κ3) is 4.38. The van der Waals surface area contributed by atoms with Crippen LogP contribution in [0.25, 0.3) is 17.4 Å². The largest absolute Gasteiger partial charge is 0.497 e. The summed E-state index contributed by atoms with van der Waals surface area (Å²) in [5.74, 6) is 0.0899. The highest BCUT2D eigenvalue weighted by atomic mass is 32.2. The van der Waals surface area contributed by atoms with Crippen molar-refractivity contribution in [2.45, 2.75) is 6.54 Å². The number of furan rings is 1. The zero-order chi connectivity index (χ0) is 24.4. The second-order valence-corrected chi connectivity index (χ2v) is 7.99. The monoisotopic (exact) mass is 481 g/mol. The summed E-state index contributed by atoms with van der Waals surface area (Å²) in [6.07, 6.45) is 1.35. The van der Waals surface area contributed by atoms with Crippen LogP contribution in [0.3, 0.4) is 0 Å². The minimum atomic E-state index is -0.624. The Kier molecular flexibility index (Phi) is 6.15. The lowest BCUT2D eigenvalue weighted by molar-refractivity contribution is -0.385. The number of para-hydroxylation sites is 1. The first-order valence-electron chi connectivity index (χ1n) is 9.69. The van der Waals surface area contributed by atoms with Crippen molar-refractivity contribution in [1.29, 1.82) is 0 Å². The minimum absolute atomic E-state index is 0.0636. The van der Waals surface area contributed by atoms with Gasteiger partial charge in [-0.1, -0.05) is 18.2 Å². The number of benzene rings is 2. The van der Waals surface area contributed by atoms with Crippen LogP contribution < -0.4 is 4.74 Å². The van der Waals surface area contributed by atoms with Crippen molar-refractivity contribution in [3.8, 4) is 17.1 Å². The Morgan fingerprint density at radius 1 is 1.03 bits per heavy atom. The maximum atomic E-state index is 12.8. The van der Waals surface area contributed by atoms with E-state index < -0.39 is 21.0 Å². The van der Waals surface area contributed by atoms with Crippen LogP contribution in [-0.2, 0) is 11.3 Å². The lowest BCUT2D eigenvalue weighted by Crippen LogP contribution is -2.27. The molecular weight excluding hydrogens is 466 g/mol. The minimum Gasteiger partial charge on any atom is -0.497 e. The molecule has 172 valence electrons. The van der Waals surface area contributed by atoms with Gasteiger partial charge in [-0.15, -0.1) is 0 Å². The van der Waals surface area contributed by atoms with Crippen LogP contribution in [0.4, 0.5) is 16.2 Å². The van der Waals surface area contributed by atoms with Crippen molar-refractivity contribution in [1.82, 2.24) is 4.90 Å². The van der Waals surface area contributed by atoms with Crippen LogP contribution in [0, 0.1) is 20.2 Å². The zero-order valence-electron chi connectivity index (χ0n) is 17.5. The molecule has 0 aliphatic carbocycles. The third-order valence-electron chi connectivity index (χ3n) is 4.96. The second-order valence-electron chi connectivity index (χ2n) is 7.00. The van der Waals surface area contributed by atoms with E-state index in [1.54, 1.807) is 12.1 Å². The Bertz CT molecular complexity index is 1360. The fourth-order valence-corrected chi connectivity index (χ4v) is 4.15. The predicted molar refractivity (Wildman–Crippen MR) is 122 cm³/mol. The molecule has 0 bridgehead atoms. The maximum Gasteiger partial charge on any atom is 0.293 e. The molecule has 0 N–H and O–H groups in total. The number of amides is 2. The van der Waals surface area contributed by atoms with Gasteiger partial charge in [-0.25, -0.2) is 0 Å². The van der Waals surface area contributed by atoms with Crippen molar-refractivity contribution in [2.24, 2.45) is 0 Å². The smallest absolute Gasteiger partial charge is 0.293 e. The Morgan fingerprint density at radius 2 is 1.76 bits per heavy atom. The van der Waals surface area contributed by atoms with Gasteiger partial charge in [-0.2, -0.15) is 0 Å². The quantitative estimate of drug-likeness (QED) is 0.258. The van der Waals surface area contributed by atoms with Crippen LogP contribution >= 0.6 is 11.8 Å². The first-order valence-corrected chi connectivity index (χ1v) is 10.5. The lowest BCUT2D eigenvalue weighted by atomic mass is 10.1. The van der Waals surface area contributed by atoms with Crippen LogP contribution in [-0.4, -0.2) is 33.0 Å². The molecule has 0 saturated carbocycles. The number of carbonyl (C=O) groups excluding carboxylic acids is 2. The Balaban J connectivity index is 1.59. The van der Waals surface area contributed by atoms with Crippen molar-refractivity contribution in [3.05, 3.63) is 91.1 Å². The van der Waals surface area contributed by atoms with E-state index in [4.69, 9.17) is 9.15 Å². The second kappa shape index (κ2) is 9.19. The number of nitro benzene ring substituents is 2. The van der Waals surface area contributed by atoms with Gasteiger partial charge < -0.3 is 9.15 Å². The van der Waals surface area contributed by atoms with Gasteiger partial charge in [-0.3, -0.25) is 34.7 Å². The molecular formula is C22H15N3O8S. The fourth-order valence-electron chi connectivity index (χ4n) is 3.33. The summed E-state index contributed by atoms with van der Waals surface area (Å²) in [4.78, 5) is 47.7. The lowest BCUT2D eigenvalue weighted by Gasteiger charge is -2.12. The van der Waals surface area contributed by atoms with Crippen LogP contribution in [0.15, 0.2) is 63.9 Å². The Morgan fingerprint density at radius 3 is 2.47 bits per heavy atom. The van der Waals surface area contributed by atoms with Crippen LogP contribution in [0.5, 0.6) is 5.75 Å². The molecule has 12 heteroatoms. The normalized spacial score (nSPS) is 14.6. The first-order chi connectivity index (χ1) is 16.3. The molecule has 1 aliphatic rings. The summed E-state index contributed by atoms with van der Waals surface area (Å²) < 4.78 is 10.7. The van der Waals surface area contributed by atoms with E-state index in [1.165, 1.54) is 55.7 Å². The summed E-state index contributed by atoms with van der Waals surface area (Å²) in [5, 5.41) is 22.1. The number of ether oxygens (including phenoxy) is 1. The molecule has 0 atom stereocenters. The summed E-state index contributed by atoms with van der Waals surface area (Å²) >= 11 is 0.672. The van der Waals surface area contributed by atoms with Crippen LogP contribution in [0.2, 0.25) is 0 Å². The maximum absolute atomic E-state index is 12.8. The highest BCUT2D eigenvalue weighted by molar-refractivity contribution is 8.18. The Hall–Kier alpha value is -4.45. The Labute approximate surface area is 195 Å². The van der Waals surface area contributed by atoms with Gasteiger partial charge in [0.05, 0.1) is 40.0 Å². The van der Waals surface area contributed by atoms with Gasteiger partial charge in [0.25, 0.3) is 22.5 Å². The highest BCUT2D eigenvalue weighted by Gasteiger charge is 2.36. The van der Waals surface area contributed by atoms with E-state index in [0.717, 1.165) is 4.90 Å². The number of nitrogens with zero attached hydrogens (tertiary/aromatic N) is 3.